The largest absolute Gasteiger partial charge is 0.396 e. The van der Waals surface area contributed by atoms with Gasteiger partial charge in [-0.15, -0.1) is 0 Å². The van der Waals surface area contributed by atoms with Gasteiger partial charge in [0.25, 0.3) is 0 Å². The molecule has 2 unspecified atom stereocenters. The van der Waals surface area contributed by atoms with Gasteiger partial charge >= 0.3 is 0 Å². The van der Waals surface area contributed by atoms with Gasteiger partial charge in [0, 0.05) is 37.5 Å². The first kappa shape index (κ1) is 13.2. The predicted molar refractivity (Wildman–Crippen MR) is 65.3 cm³/mol. The van der Waals surface area contributed by atoms with Gasteiger partial charge in [0.05, 0.1) is 5.69 Å². The van der Waals surface area contributed by atoms with Crippen molar-refractivity contribution in [2.45, 2.75) is 33.7 Å². The van der Waals surface area contributed by atoms with Gasteiger partial charge in [-0.2, -0.15) is 5.10 Å². The second kappa shape index (κ2) is 5.46. The van der Waals surface area contributed by atoms with Crippen LogP contribution in [-0.2, 0) is 7.05 Å². The first-order chi connectivity index (χ1) is 7.47. The Hall–Kier alpha value is -0.870. The van der Waals surface area contributed by atoms with E-state index in [4.69, 9.17) is 5.11 Å². The molecule has 0 bridgehead atoms. The molecule has 92 valence electrons. The molecule has 2 atom stereocenters. The molecule has 4 nitrogen and oxygen atoms in total. The molecule has 0 aliphatic heterocycles. The molecular formula is C12H23N3O. The highest BCUT2D eigenvalue weighted by atomic mass is 16.3. The minimum absolute atomic E-state index is 0.227. The zero-order valence-corrected chi connectivity index (χ0v) is 10.9. The van der Waals surface area contributed by atoms with Crippen molar-refractivity contribution in [2.75, 3.05) is 13.2 Å². The van der Waals surface area contributed by atoms with Crippen LogP contribution in [0.25, 0.3) is 0 Å². The Morgan fingerprint density at radius 1 is 1.38 bits per heavy atom. The highest BCUT2D eigenvalue weighted by Gasteiger charge is 2.16. The summed E-state index contributed by atoms with van der Waals surface area (Å²) in [7, 11) is 1.97. The average molecular weight is 225 g/mol. The molecule has 0 aliphatic rings. The van der Waals surface area contributed by atoms with Gasteiger partial charge in [-0.05, 0) is 26.7 Å². The summed E-state index contributed by atoms with van der Waals surface area (Å²) in [6.45, 7) is 9.35. The molecule has 1 aromatic rings. The van der Waals surface area contributed by atoms with Crippen molar-refractivity contribution in [3.05, 3.63) is 17.0 Å². The molecule has 4 heteroatoms. The van der Waals surface area contributed by atoms with Crippen LogP contribution in [0.3, 0.4) is 0 Å². The normalized spacial score (nSPS) is 15.1. The molecule has 0 saturated carbocycles. The first-order valence-corrected chi connectivity index (χ1v) is 5.81. The third-order valence-electron chi connectivity index (χ3n) is 3.08. The Balaban J connectivity index is 2.69. The number of aliphatic hydroxyl groups excluding tert-OH is 1. The van der Waals surface area contributed by atoms with Crippen molar-refractivity contribution in [3.8, 4) is 0 Å². The van der Waals surface area contributed by atoms with Crippen LogP contribution >= 0.6 is 0 Å². The summed E-state index contributed by atoms with van der Waals surface area (Å²) in [5.41, 5.74) is 3.55. The minimum Gasteiger partial charge on any atom is -0.396 e. The quantitative estimate of drug-likeness (QED) is 0.794. The second-order valence-electron chi connectivity index (χ2n) is 4.63. The van der Waals surface area contributed by atoms with Crippen LogP contribution in [0.4, 0.5) is 0 Å². The van der Waals surface area contributed by atoms with Gasteiger partial charge in [0.1, 0.15) is 0 Å². The molecule has 0 saturated heterocycles. The lowest BCUT2D eigenvalue weighted by atomic mass is 10.1. The van der Waals surface area contributed by atoms with Crippen LogP contribution in [0.1, 0.15) is 36.8 Å². The maximum atomic E-state index is 8.98. The molecule has 1 heterocycles. The number of hydrogen-bond acceptors (Lipinski definition) is 3. The highest BCUT2D eigenvalue weighted by molar-refractivity contribution is 5.27. The monoisotopic (exact) mass is 225 g/mol. The average Bonchev–Trinajstić information content (AvgIpc) is 2.49. The number of nitrogens with zero attached hydrogens (tertiary/aromatic N) is 2. The molecular weight excluding hydrogens is 202 g/mol. The summed E-state index contributed by atoms with van der Waals surface area (Å²) in [5, 5.41) is 16.8. The minimum atomic E-state index is 0.227. The van der Waals surface area contributed by atoms with Crippen LogP contribution in [0.15, 0.2) is 0 Å². The van der Waals surface area contributed by atoms with Gasteiger partial charge in [-0.1, -0.05) is 6.92 Å². The van der Waals surface area contributed by atoms with Crippen molar-refractivity contribution < 1.29 is 5.11 Å². The predicted octanol–water partition coefficient (Wildman–Crippen LogP) is 1.32. The Bertz CT molecular complexity index is 346. The molecule has 16 heavy (non-hydrogen) atoms. The fourth-order valence-corrected chi connectivity index (χ4v) is 1.96. The summed E-state index contributed by atoms with van der Waals surface area (Å²) in [5.74, 6) is 0.291. The first-order valence-electron chi connectivity index (χ1n) is 5.81. The van der Waals surface area contributed by atoms with Crippen molar-refractivity contribution in [1.29, 1.82) is 0 Å². The van der Waals surface area contributed by atoms with E-state index in [-0.39, 0.29) is 12.6 Å². The Labute approximate surface area is 97.7 Å². The Kier molecular flexibility index (Phi) is 4.50. The lowest BCUT2D eigenvalue weighted by Gasteiger charge is -2.17. The molecule has 1 rings (SSSR count). The molecule has 0 aromatic carbocycles. The molecule has 0 aliphatic carbocycles. The molecule has 0 spiro atoms. The van der Waals surface area contributed by atoms with E-state index in [1.807, 2.05) is 25.6 Å². The van der Waals surface area contributed by atoms with E-state index in [1.165, 1.54) is 11.3 Å². The van der Waals surface area contributed by atoms with E-state index >= 15 is 0 Å². The summed E-state index contributed by atoms with van der Waals surface area (Å²) in [6.07, 6.45) is 0. The smallest absolute Gasteiger partial charge is 0.0644 e. The van der Waals surface area contributed by atoms with Crippen molar-refractivity contribution in [2.24, 2.45) is 13.0 Å². The van der Waals surface area contributed by atoms with Crippen molar-refractivity contribution in [1.82, 2.24) is 15.1 Å². The molecule has 0 amide bonds. The van der Waals surface area contributed by atoms with Crippen LogP contribution in [-0.4, -0.2) is 28.0 Å². The third kappa shape index (κ3) is 2.83. The topological polar surface area (TPSA) is 50.1 Å². The lowest BCUT2D eigenvalue weighted by Crippen LogP contribution is -2.26. The lowest BCUT2D eigenvalue weighted by molar-refractivity contribution is 0.231. The van der Waals surface area contributed by atoms with Crippen molar-refractivity contribution >= 4 is 0 Å². The maximum Gasteiger partial charge on any atom is 0.0644 e. The number of aromatic nitrogens is 2. The Morgan fingerprint density at radius 2 is 2.00 bits per heavy atom. The van der Waals surface area contributed by atoms with Gasteiger partial charge in [-0.25, -0.2) is 0 Å². The van der Waals surface area contributed by atoms with E-state index in [0.717, 1.165) is 12.2 Å². The fraction of sp³-hybridized carbons (Fsp3) is 0.750. The summed E-state index contributed by atoms with van der Waals surface area (Å²) in [4.78, 5) is 0. The maximum absolute atomic E-state index is 8.98. The molecule has 2 N–H and O–H groups in total. The fourth-order valence-electron chi connectivity index (χ4n) is 1.96. The van der Waals surface area contributed by atoms with E-state index < -0.39 is 0 Å². The van der Waals surface area contributed by atoms with E-state index in [9.17, 15) is 0 Å². The van der Waals surface area contributed by atoms with Crippen LogP contribution < -0.4 is 5.32 Å². The number of aliphatic hydroxyl groups is 1. The zero-order chi connectivity index (χ0) is 12.3. The summed E-state index contributed by atoms with van der Waals surface area (Å²) < 4.78 is 1.91. The van der Waals surface area contributed by atoms with E-state index in [1.54, 1.807) is 0 Å². The van der Waals surface area contributed by atoms with Crippen LogP contribution in [0.5, 0.6) is 0 Å². The van der Waals surface area contributed by atoms with E-state index in [0.29, 0.717) is 5.92 Å². The van der Waals surface area contributed by atoms with Gasteiger partial charge in [-0.3, -0.25) is 4.68 Å². The van der Waals surface area contributed by atoms with Crippen LogP contribution in [0, 0.1) is 19.8 Å². The summed E-state index contributed by atoms with van der Waals surface area (Å²) in [6, 6.07) is 0.280. The number of hydrogen-bond donors (Lipinski definition) is 2. The Morgan fingerprint density at radius 3 is 2.44 bits per heavy atom. The third-order valence-corrected chi connectivity index (χ3v) is 3.08. The number of rotatable bonds is 5. The highest BCUT2D eigenvalue weighted by Crippen LogP contribution is 2.20. The van der Waals surface area contributed by atoms with Gasteiger partial charge < -0.3 is 10.4 Å². The molecule has 0 fully saturated rings. The zero-order valence-electron chi connectivity index (χ0n) is 10.9. The summed E-state index contributed by atoms with van der Waals surface area (Å²) >= 11 is 0. The van der Waals surface area contributed by atoms with Crippen LogP contribution in [0.2, 0.25) is 0 Å². The molecule has 1 aromatic heterocycles. The SMILES string of the molecule is Cc1nn(C)c(C)c1C(C)NCC(C)CO. The number of aryl methyl sites for hydroxylation is 2. The second-order valence-corrected chi connectivity index (χ2v) is 4.63. The van der Waals surface area contributed by atoms with Gasteiger partial charge in [0.2, 0.25) is 0 Å². The van der Waals surface area contributed by atoms with E-state index in [2.05, 4.69) is 24.3 Å². The number of nitrogens with one attached hydrogen (secondary N) is 1. The van der Waals surface area contributed by atoms with Crippen molar-refractivity contribution in [3.63, 3.8) is 0 Å². The molecule has 0 radical (unpaired) electrons. The van der Waals surface area contributed by atoms with Gasteiger partial charge in [0.15, 0.2) is 0 Å². The standard InChI is InChI=1S/C12H23N3O/c1-8(7-16)6-13-9(2)12-10(3)14-15(5)11(12)4/h8-9,13,16H,6-7H2,1-5H3.